The van der Waals surface area contributed by atoms with E-state index in [1.54, 1.807) is 61.5 Å². The summed E-state index contributed by atoms with van der Waals surface area (Å²) >= 11 is 5.84. The Hall–Kier alpha value is -3.84. The second-order valence-corrected chi connectivity index (χ2v) is 7.55. The van der Waals surface area contributed by atoms with Crippen molar-refractivity contribution >= 4 is 29.7 Å². The van der Waals surface area contributed by atoms with Crippen LogP contribution in [0.15, 0.2) is 71.8 Å². The lowest BCUT2D eigenvalue weighted by atomic mass is 10.1. The maximum atomic E-state index is 12.4. The van der Waals surface area contributed by atoms with Crippen LogP contribution in [0, 0.1) is 6.92 Å². The molecule has 0 saturated heterocycles. The first-order valence-electron chi connectivity index (χ1n) is 10.1. The minimum atomic E-state index is -0.763. The molecule has 33 heavy (non-hydrogen) atoms. The van der Waals surface area contributed by atoms with Gasteiger partial charge in [0.1, 0.15) is 5.75 Å². The van der Waals surface area contributed by atoms with Gasteiger partial charge in [-0.3, -0.25) is 4.79 Å². The highest BCUT2D eigenvalue weighted by molar-refractivity contribution is 6.30. The zero-order valence-electron chi connectivity index (χ0n) is 18.4. The Bertz CT molecular complexity index is 1140. The van der Waals surface area contributed by atoms with Crippen molar-refractivity contribution in [1.29, 1.82) is 0 Å². The molecule has 7 nitrogen and oxygen atoms in total. The Kier molecular flexibility index (Phi) is 8.05. The zero-order chi connectivity index (χ0) is 23.8. The Morgan fingerprint density at radius 3 is 2.36 bits per heavy atom. The van der Waals surface area contributed by atoms with Crippen LogP contribution in [-0.2, 0) is 4.79 Å². The van der Waals surface area contributed by atoms with Crippen LogP contribution in [0.3, 0.4) is 0 Å². The first-order chi connectivity index (χ1) is 15.9. The lowest BCUT2D eigenvalue weighted by Crippen LogP contribution is -2.33. The molecule has 8 heteroatoms. The second-order valence-electron chi connectivity index (χ2n) is 7.11. The minimum absolute atomic E-state index is 0.272. The summed E-state index contributed by atoms with van der Waals surface area (Å²) in [5.74, 6) is 0.236. The number of rotatable bonds is 8. The molecule has 3 aromatic carbocycles. The number of nitrogens with zero attached hydrogens (tertiary/aromatic N) is 1. The fourth-order valence-electron chi connectivity index (χ4n) is 2.73. The monoisotopic (exact) mass is 466 g/mol. The quantitative estimate of drug-likeness (QED) is 0.223. The molecule has 170 valence electrons. The van der Waals surface area contributed by atoms with E-state index in [-0.39, 0.29) is 5.75 Å². The average Bonchev–Trinajstić information content (AvgIpc) is 2.81. The van der Waals surface area contributed by atoms with Crippen molar-refractivity contribution in [3.05, 3.63) is 88.4 Å². The molecule has 0 aliphatic heterocycles. The van der Waals surface area contributed by atoms with Crippen LogP contribution in [0.1, 0.15) is 28.4 Å². The molecule has 1 N–H and O–H groups in total. The van der Waals surface area contributed by atoms with Crippen LogP contribution in [0.25, 0.3) is 0 Å². The maximum Gasteiger partial charge on any atom is 0.343 e. The summed E-state index contributed by atoms with van der Waals surface area (Å²) in [7, 11) is 1.47. The molecule has 1 atom stereocenters. The van der Waals surface area contributed by atoms with Gasteiger partial charge >= 0.3 is 5.97 Å². The number of methoxy groups -OCH3 is 1. The van der Waals surface area contributed by atoms with E-state index < -0.39 is 18.0 Å². The summed E-state index contributed by atoms with van der Waals surface area (Å²) < 4.78 is 16.3. The predicted molar refractivity (Wildman–Crippen MR) is 126 cm³/mol. The molecule has 0 heterocycles. The lowest BCUT2D eigenvalue weighted by molar-refractivity contribution is -0.127. The smallest absolute Gasteiger partial charge is 0.343 e. The molecular weight excluding hydrogens is 444 g/mol. The number of nitrogens with one attached hydrogen (secondary N) is 1. The Morgan fingerprint density at radius 2 is 1.70 bits per heavy atom. The summed E-state index contributed by atoms with van der Waals surface area (Å²) in [6.07, 6.45) is 0.683. The number of hydrogen-bond acceptors (Lipinski definition) is 6. The number of amides is 1. The third kappa shape index (κ3) is 6.82. The third-order valence-electron chi connectivity index (χ3n) is 4.56. The molecular formula is C25H23ClN2O5. The van der Waals surface area contributed by atoms with Gasteiger partial charge in [-0.1, -0.05) is 29.3 Å². The van der Waals surface area contributed by atoms with Gasteiger partial charge in [0.05, 0.1) is 18.9 Å². The highest BCUT2D eigenvalue weighted by atomic mass is 35.5. The van der Waals surface area contributed by atoms with Crippen molar-refractivity contribution in [2.45, 2.75) is 20.0 Å². The summed E-state index contributed by atoms with van der Waals surface area (Å²) in [6, 6.07) is 18.7. The molecule has 0 saturated carbocycles. The summed E-state index contributed by atoms with van der Waals surface area (Å²) in [4.78, 5) is 24.6. The van der Waals surface area contributed by atoms with Crippen LogP contribution in [0.4, 0.5) is 0 Å². The molecule has 0 spiro atoms. The molecule has 0 unspecified atom stereocenters. The van der Waals surface area contributed by atoms with Crippen LogP contribution < -0.4 is 19.6 Å². The molecule has 0 aliphatic carbocycles. The predicted octanol–water partition coefficient (Wildman–Crippen LogP) is 4.79. The number of esters is 1. The van der Waals surface area contributed by atoms with E-state index in [0.29, 0.717) is 27.6 Å². The van der Waals surface area contributed by atoms with Crippen LogP contribution in [-0.4, -0.2) is 31.3 Å². The van der Waals surface area contributed by atoms with Gasteiger partial charge in [-0.2, -0.15) is 5.10 Å². The van der Waals surface area contributed by atoms with Crippen LogP contribution >= 0.6 is 11.6 Å². The highest BCUT2D eigenvalue weighted by Gasteiger charge is 2.15. The van der Waals surface area contributed by atoms with E-state index >= 15 is 0 Å². The normalized spacial score (nSPS) is 11.6. The number of carbonyl (C=O) groups is 2. The molecule has 1 amide bonds. The second kappa shape index (κ2) is 11.2. The molecule has 3 aromatic rings. The first-order valence-corrected chi connectivity index (χ1v) is 10.5. The fourth-order valence-corrected chi connectivity index (χ4v) is 2.86. The van der Waals surface area contributed by atoms with Gasteiger partial charge in [0.25, 0.3) is 5.91 Å². The van der Waals surface area contributed by atoms with Gasteiger partial charge < -0.3 is 14.2 Å². The van der Waals surface area contributed by atoms with Gasteiger partial charge in [0.2, 0.25) is 0 Å². The van der Waals surface area contributed by atoms with Crippen molar-refractivity contribution in [3.63, 3.8) is 0 Å². The van der Waals surface area contributed by atoms with Crippen molar-refractivity contribution < 1.29 is 23.8 Å². The molecule has 3 rings (SSSR count). The van der Waals surface area contributed by atoms with Gasteiger partial charge in [-0.05, 0) is 74.0 Å². The van der Waals surface area contributed by atoms with Crippen molar-refractivity contribution in [1.82, 2.24) is 5.43 Å². The number of carbonyl (C=O) groups excluding carboxylic acids is 2. The molecule has 0 bridgehead atoms. The number of halogens is 1. The number of aryl methyl sites for hydroxylation is 1. The van der Waals surface area contributed by atoms with Gasteiger partial charge in [-0.15, -0.1) is 0 Å². The third-order valence-corrected chi connectivity index (χ3v) is 4.81. The van der Waals surface area contributed by atoms with E-state index in [1.165, 1.54) is 13.3 Å². The highest BCUT2D eigenvalue weighted by Crippen LogP contribution is 2.28. The number of hydrazone groups is 1. The zero-order valence-corrected chi connectivity index (χ0v) is 19.1. The standard InChI is InChI=1S/C25H23ClN2O5/c1-16-4-7-19(8-5-16)25(30)33-22-13-6-18(14-23(22)31-3)15-27-28-24(29)17(2)32-21-11-9-20(26)10-12-21/h4-15,17H,1-3H3,(H,28,29)/b27-15-/t17-/m1/s1. The van der Waals surface area contributed by atoms with Gasteiger partial charge in [0.15, 0.2) is 17.6 Å². The van der Waals surface area contributed by atoms with E-state index in [2.05, 4.69) is 10.5 Å². The summed E-state index contributed by atoms with van der Waals surface area (Å²) in [5, 5.41) is 4.53. The number of benzene rings is 3. The molecule has 0 radical (unpaired) electrons. The Labute approximate surface area is 196 Å². The number of hydrogen-bond donors (Lipinski definition) is 1. The van der Waals surface area contributed by atoms with E-state index in [0.717, 1.165) is 5.56 Å². The maximum absolute atomic E-state index is 12.4. The SMILES string of the molecule is COc1cc(/C=N\NC(=O)[C@@H](C)Oc2ccc(Cl)cc2)ccc1OC(=O)c1ccc(C)cc1. The van der Waals surface area contributed by atoms with Gasteiger partial charge in [0, 0.05) is 5.02 Å². The van der Waals surface area contributed by atoms with E-state index in [1.807, 2.05) is 19.1 Å². The van der Waals surface area contributed by atoms with Crippen LogP contribution in [0.2, 0.25) is 5.02 Å². The Balaban J connectivity index is 1.59. The average molecular weight is 467 g/mol. The first kappa shape index (κ1) is 23.8. The topological polar surface area (TPSA) is 86.2 Å². The van der Waals surface area contributed by atoms with Gasteiger partial charge in [-0.25, -0.2) is 10.2 Å². The van der Waals surface area contributed by atoms with Crippen molar-refractivity contribution in [3.8, 4) is 17.2 Å². The summed E-state index contributed by atoms with van der Waals surface area (Å²) in [5.41, 5.74) is 4.54. The Morgan fingerprint density at radius 1 is 1.00 bits per heavy atom. The minimum Gasteiger partial charge on any atom is -0.493 e. The molecule has 0 aliphatic rings. The lowest BCUT2D eigenvalue weighted by Gasteiger charge is -2.13. The van der Waals surface area contributed by atoms with Crippen molar-refractivity contribution in [2.75, 3.05) is 7.11 Å². The largest absolute Gasteiger partial charge is 0.493 e. The molecule has 0 fully saturated rings. The molecule has 0 aromatic heterocycles. The van der Waals surface area contributed by atoms with Crippen LogP contribution in [0.5, 0.6) is 17.2 Å². The summed E-state index contributed by atoms with van der Waals surface area (Å²) in [6.45, 7) is 3.55. The van der Waals surface area contributed by atoms with Crippen molar-refractivity contribution in [2.24, 2.45) is 5.10 Å². The van der Waals surface area contributed by atoms with E-state index in [9.17, 15) is 9.59 Å². The number of ether oxygens (including phenoxy) is 3. The van der Waals surface area contributed by atoms with E-state index in [4.69, 9.17) is 25.8 Å². The fraction of sp³-hybridized carbons (Fsp3) is 0.160.